The third-order valence-electron chi connectivity index (χ3n) is 2.87. The van der Waals surface area contributed by atoms with E-state index < -0.39 is 18.4 Å². The molecule has 1 aliphatic carbocycles. The van der Waals surface area contributed by atoms with E-state index in [1.165, 1.54) is 13.3 Å². The molecule has 0 spiro atoms. The summed E-state index contributed by atoms with van der Waals surface area (Å²) in [7, 11) is 1.78. The van der Waals surface area contributed by atoms with Gasteiger partial charge in [0.05, 0.1) is 6.10 Å². The summed E-state index contributed by atoms with van der Waals surface area (Å²) in [5.74, 6) is 0. The molecule has 0 saturated heterocycles. The maximum absolute atomic E-state index is 9.61. The first-order chi connectivity index (χ1) is 6.04. The second kappa shape index (κ2) is 4.37. The molecule has 3 atom stereocenters. The van der Waals surface area contributed by atoms with Crippen LogP contribution in [0.4, 0.5) is 0 Å². The second-order valence-electron chi connectivity index (χ2n) is 3.90. The molecule has 3 unspecified atom stereocenters. The number of nitrogens with zero attached hydrogens (tertiary/aromatic N) is 1. The molecule has 0 aliphatic heterocycles. The summed E-state index contributed by atoms with van der Waals surface area (Å²) >= 11 is 0. The highest BCUT2D eigenvalue weighted by atomic mass is 16.4. The van der Waals surface area contributed by atoms with Gasteiger partial charge < -0.3 is 15.3 Å². The van der Waals surface area contributed by atoms with Gasteiger partial charge in [-0.3, -0.25) is 4.90 Å². The van der Waals surface area contributed by atoms with E-state index in [1.807, 2.05) is 0 Å². The number of aliphatic hydroxyl groups excluding tert-OH is 3. The van der Waals surface area contributed by atoms with Gasteiger partial charge in [0.1, 0.15) is 12.3 Å². The molecule has 1 fully saturated rings. The molecular formula is C9H19NO3. The van der Waals surface area contributed by atoms with Gasteiger partial charge in [-0.2, -0.15) is 0 Å². The van der Waals surface area contributed by atoms with E-state index in [9.17, 15) is 10.2 Å². The van der Waals surface area contributed by atoms with Crippen LogP contribution in [-0.4, -0.2) is 51.7 Å². The summed E-state index contributed by atoms with van der Waals surface area (Å²) in [5.41, 5.74) is 0. The van der Waals surface area contributed by atoms with Gasteiger partial charge in [-0.1, -0.05) is 6.42 Å². The number of hydrogen-bond donors (Lipinski definition) is 3. The lowest BCUT2D eigenvalue weighted by atomic mass is 9.91. The first-order valence-corrected chi connectivity index (χ1v) is 4.80. The van der Waals surface area contributed by atoms with Crippen LogP contribution < -0.4 is 0 Å². The van der Waals surface area contributed by atoms with Gasteiger partial charge in [-0.15, -0.1) is 0 Å². The summed E-state index contributed by atoms with van der Waals surface area (Å²) in [6.45, 7) is 1.47. The third-order valence-corrected chi connectivity index (χ3v) is 2.87. The molecule has 1 aliphatic rings. The molecule has 13 heavy (non-hydrogen) atoms. The fraction of sp³-hybridized carbons (Fsp3) is 1.00. The molecule has 78 valence electrons. The van der Waals surface area contributed by atoms with E-state index >= 15 is 0 Å². The van der Waals surface area contributed by atoms with Crippen molar-refractivity contribution in [3.8, 4) is 0 Å². The molecule has 0 heterocycles. The largest absolute Gasteiger partial charge is 0.391 e. The van der Waals surface area contributed by atoms with Crippen molar-refractivity contribution in [1.82, 2.24) is 4.90 Å². The van der Waals surface area contributed by atoms with Crippen molar-refractivity contribution in [3.05, 3.63) is 0 Å². The molecular weight excluding hydrogens is 170 g/mol. The predicted octanol–water partition coefficient (Wildman–Crippen LogP) is -0.469. The van der Waals surface area contributed by atoms with E-state index in [0.717, 1.165) is 12.8 Å². The van der Waals surface area contributed by atoms with E-state index in [2.05, 4.69) is 0 Å². The lowest BCUT2D eigenvalue weighted by Crippen LogP contribution is -2.52. The minimum Gasteiger partial charge on any atom is -0.391 e. The quantitative estimate of drug-likeness (QED) is 0.523. The summed E-state index contributed by atoms with van der Waals surface area (Å²) in [6.07, 6.45) is 0.403. The molecule has 0 amide bonds. The standard InChI is InChI=1S/C9H19NO3/c1-6(11)8(12)9(13)10(2)7-4-3-5-7/h6-9,11-13H,3-5H2,1-2H3. The maximum Gasteiger partial charge on any atom is 0.136 e. The number of rotatable bonds is 4. The molecule has 1 rings (SSSR count). The SMILES string of the molecule is CC(O)C(O)C(O)N(C)C1CCC1. The van der Waals surface area contributed by atoms with Gasteiger partial charge in [0.15, 0.2) is 0 Å². The molecule has 0 radical (unpaired) electrons. The Morgan fingerprint density at radius 1 is 1.23 bits per heavy atom. The average molecular weight is 189 g/mol. The summed E-state index contributed by atoms with van der Waals surface area (Å²) in [5, 5.41) is 28.1. The Bertz CT molecular complexity index is 159. The normalized spacial score (nSPS) is 25.4. The fourth-order valence-electron chi connectivity index (χ4n) is 1.50. The highest BCUT2D eigenvalue weighted by Crippen LogP contribution is 2.25. The lowest BCUT2D eigenvalue weighted by Gasteiger charge is -2.39. The molecule has 4 heteroatoms. The van der Waals surface area contributed by atoms with Crippen molar-refractivity contribution in [2.24, 2.45) is 0 Å². The fourth-order valence-corrected chi connectivity index (χ4v) is 1.50. The first-order valence-electron chi connectivity index (χ1n) is 4.80. The van der Waals surface area contributed by atoms with Crippen LogP contribution in [0.15, 0.2) is 0 Å². The van der Waals surface area contributed by atoms with Crippen LogP contribution >= 0.6 is 0 Å². The number of likely N-dealkylation sites (N-methyl/N-ethyl adjacent to an activating group) is 1. The zero-order valence-electron chi connectivity index (χ0n) is 8.22. The van der Waals surface area contributed by atoms with Crippen molar-refractivity contribution < 1.29 is 15.3 Å². The Balaban J connectivity index is 2.40. The van der Waals surface area contributed by atoms with E-state index in [0.29, 0.717) is 6.04 Å². The van der Waals surface area contributed by atoms with E-state index in [-0.39, 0.29) is 0 Å². The Kier molecular flexibility index (Phi) is 3.67. The molecule has 1 saturated carbocycles. The smallest absolute Gasteiger partial charge is 0.136 e. The Hall–Kier alpha value is -0.160. The molecule has 4 nitrogen and oxygen atoms in total. The van der Waals surface area contributed by atoms with Gasteiger partial charge in [0.25, 0.3) is 0 Å². The van der Waals surface area contributed by atoms with Crippen LogP contribution in [-0.2, 0) is 0 Å². The second-order valence-corrected chi connectivity index (χ2v) is 3.90. The number of hydrogen-bond acceptors (Lipinski definition) is 4. The molecule has 0 bridgehead atoms. The van der Waals surface area contributed by atoms with Crippen LogP contribution in [0.2, 0.25) is 0 Å². The van der Waals surface area contributed by atoms with Gasteiger partial charge in [-0.05, 0) is 26.8 Å². The van der Waals surface area contributed by atoms with Gasteiger partial charge in [0, 0.05) is 6.04 Å². The molecule has 0 aromatic carbocycles. The first kappa shape index (κ1) is 10.9. The molecule has 0 aromatic heterocycles. The monoisotopic (exact) mass is 189 g/mol. The van der Waals surface area contributed by atoms with Crippen molar-refractivity contribution in [1.29, 1.82) is 0 Å². The van der Waals surface area contributed by atoms with Crippen molar-refractivity contribution in [3.63, 3.8) is 0 Å². The van der Waals surface area contributed by atoms with Crippen molar-refractivity contribution in [2.75, 3.05) is 7.05 Å². The Morgan fingerprint density at radius 3 is 2.08 bits per heavy atom. The maximum atomic E-state index is 9.61. The van der Waals surface area contributed by atoms with Crippen LogP contribution in [0.1, 0.15) is 26.2 Å². The molecule has 0 aromatic rings. The minimum atomic E-state index is -1.08. The van der Waals surface area contributed by atoms with Gasteiger partial charge >= 0.3 is 0 Å². The van der Waals surface area contributed by atoms with Crippen LogP contribution in [0, 0.1) is 0 Å². The van der Waals surface area contributed by atoms with Crippen LogP contribution in [0.3, 0.4) is 0 Å². The highest BCUT2D eigenvalue weighted by Gasteiger charge is 2.31. The third kappa shape index (κ3) is 2.40. The van der Waals surface area contributed by atoms with Crippen LogP contribution in [0.5, 0.6) is 0 Å². The van der Waals surface area contributed by atoms with Gasteiger partial charge in [-0.25, -0.2) is 0 Å². The van der Waals surface area contributed by atoms with Crippen molar-refractivity contribution >= 4 is 0 Å². The van der Waals surface area contributed by atoms with E-state index in [1.54, 1.807) is 11.9 Å². The van der Waals surface area contributed by atoms with Crippen molar-refractivity contribution in [2.45, 2.75) is 50.7 Å². The summed E-state index contributed by atoms with van der Waals surface area (Å²) in [6, 6.07) is 0.364. The summed E-state index contributed by atoms with van der Waals surface area (Å²) < 4.78 is 0. The number of aliphatic hydroxyl groups is 3. The Morgan fingerprint density at radius 2 is 1.77 bits per heavy atom. The predicted molar refractivity (Wildman–Crippen MR) is 49.1 cm³/mol. The lowest BCUT2D eigenvalue weighted by molar-refractivity contribution is -0.133. The van der Waals surface area contributed by atoms with E-state index in [4.69, 9.17) is 5.11 Å². The zero-order valence-corrected chi connectivity index (χ0v) is 8.22. The molecule has 3 N–H and O–H groups in total. The zero-order chi connectivity index (χ0) is 10.0. The Labute approximate surface area is 78.8 Å². The topological polar surface area (TPSA) is 63.9 Å². The van der Waals surface area contributed by atoms with Gasteiger partial charge in [0.2, 0.25) is 0 Å². The average Bonchev–Trinajstić information content (AvgIpc) is 1.98. The minimum absolute atomic E-state index is 0.364. The summed E-state index contributed by atoms with van der Waals surface area (Å²) in [4.78, 5) is 1.74. The highest BCUT2D eigenvalue weighted by molar-refractivity contribution is 4.82. The van der Waals surface area contributed by atoms with Crippen LogP contribution in [0.25, 0.3) is 0 Å².